The average molecular weight is 636 g/mol. The minimum Gasteiger partial charge on any atom is -0.462 e. The summed E-state index contributed by atoms with van der Waals surface area (Å²) in [7, 11) is -4.35. The first-order valence-corrected chi connectivity index (χ1v) is 19.0. The van der Waals surface area contributed by atoms with Crippen LogP contribution in [0, 0.1) is 0 Å². The zero-order chi connectivity index (χ0) is 31.9. The highest BCUT2D eigenvalue weighted by atomic mass is 31.2. The summed E-state index contributed by atoms with van der Waals surface area (Å²) in [6.45, 7) is 3.69. The first-order chi connectivity index (χ1) is 20.8. The second-order valence-electron chi connectivity index (χ2n) is 11.8. The smallest absolute Gasteiger partial charge is 0.462 e. The Bertz CT molecular complexity index is 694. The summed E-state index contributed by atoms with van der Waals surface area (Å²) in [4.78, 5) is 34.5. The molecule has 3 N–H and O–H groups in total. The van der Waals surface area contributed by atoms with E-state index >= 15 is 0 Å². The van der Waals surface area contributed by atoms with E-state index in [2.05, 4.69) is 13.8 Å². The normalized spacial score (nSPS) is 13.5. The number of ether oxygens (including phenoxy) is 2. The van der Waals surface area contributed by atoms with Crippen LogP contribution < -0.4 is 5.73 Å². The zero-order valence-electron chi connectivity index (χ0n) is 27.7. The molecular formula is C33H66NO8P. The molecule has 0 aliphatic carbocycles. The van der Waals surface area contributed by atoms with Gasteiger partial charge >= 0.3 is 19.8 Å². The number of rotatable bonds is 33. The highest BCUT2D eigenvalue weighted by Gasteiger charge is 2.25. The molecule has 0 saturated heterocycles. The topological polar surface area (TPSA) is 134 Å². The van der Waals surface area contributed by atoms with Crippen LogP contribution in [0.1, 0.15) is 168 Å². The van der Waals surface area contributed by atoms with Crippen molar-refractivity contribution in [1.29, 1.82) is 0 Å². The summed E-state index contributed by atoms with van der Waals surface area (Å²) in [6, 6.07) is 0. The molecule has 0 aromatic carbocycles. The molecule has 9 nitrogen and oxygen atoms in total. The Balaban J connectivity index is 4.21. The summed E-state index contributed by atoms with van der Waals surface area (Å²) in [5, 5.41) is 0. The van der Waals surface area contributed by atoms with E-state index in [0.717, 1.165) is 32.1 Å². The van der Waals surface area contributed by atoms with Gasteiger partial charge in [-0.25, -0.2) is 4.57 Å². The van der Waals surface area contributed by atoms with Gasteiger partial charge in [0.05, 0.1) is 13.2 Å². The first kappa shape index (κ1) is 42.0. The SMILES string of the molecule is CCCCCCCCCCCCCCCCC(=O)OC(COC(=O)CCCCCCCCCC)COP(=O)(O)OCCN. The molecule has 0 fully saturated rings. The summed E-state index contributed by atoms with van der Waals surface area (Å²) in [5.41, 5.74) is 5.31. The van der Waals surface area contributed by atoms with Gasteiger partial charge in [0.2, 0.25) is 0 Å². The maximum absolute atomic E-state index is 12.5. The number of carbonyl (C=O) groups excluding carboxylic acids is 2. The molecule has 0 spiro atoms. The van der Waals surface area contributed by atoms with E-state index in [1.54, 1.807) is 0 Å². The summed E-state index contributed by atoms with van der Waals surface area (Å²) >= 11 is 0. The van der Waals surface area contributed by atoms with Gasteiger partial charge in [-0.2, -0.15) is 0 Å². The first-order valence-electron chi connectivity index (χ1n) is 17.5. The zero-order valence-corrected chi connectivity index (χ0v) is 28.6. The van der Waals surface area contributed by atoms with Crippen LogP contribution in [0.5, 0.6) is 0 Å². The molecule has 2 atom stereocenters. The molecule has 0 aromatic rings. The van der Waals surface area contributed by atoms with Crippen LogP contribution in [0.2, 0.25) is 0 Å². The number of carbonyl (C=O) groups is 2. The average Bonchev–Trinajstić information content (AvgIpc) is 2.99. The number of hydrogen-bond acceptors (Lipinski definition) is 8. The molecule has 0 aliphatic rings. The molecule has 0 saturated carbocycles. The molecule has 256 valence electrons. The van der Waals surface area contributed by atoms with Crippen LogP contribution in [-0.2, 0) is 32.7 Å². The Morgan fingerprint density at radius 2 is 1.00 bits per heavy atom. The van der Waals surface area contributed by atoms with Crippen molar-refractivity contribution < 1.29 is 37.6 Å². The number of phosphoric ester groups is 1. The third kappa shape index (κ3) is 30.8. The predicted octanol–water partition coefficient (Wildman–Crippen LogP) is 8.94. The standard InChI is InChI=1S/C33H66NO8P/c1-3-5-7-9-11-13-14-15-16-17-18-20-22-24-26-33(36)42-31(30-41-43(37,38)40-28-27-34)29-39-32(35)25-23-21-19-12-10-8-6-4-2/h31H,3-30,34H2,1-2H3,(H,37,38). The van der Waals surface area contributed by atoms with Crippen molar-refractivity contribution in [2.75, 3.05) is 26.4 Å². The van der Waals surface area contributed by atoms with Gasteiger partial charge in [-0.15, -0.1) is 0 Å². The summed E-state index contributed by atoms with van der Waals surface area (Å²) in [5.74, 6) is -0.826. The summed E-state index contributed by atoms with van der Waals surface area (Å²) in [6.07, 6.45) is 25.7. The molecule has 0 rings (SSSR count). The Morgan fingerprint density at radius 3 is 1.42 bits per heavy atom. The van der Waals surface area contributed by atoms with Crippen molar-refractivity contribution in [3.05, 3.63) is 0 Å². The quantitative estimate of drug-likeness (QED) is 0.0411. The highest BCUT2D eigenvalue weighted by molar-refractivity contribution is 7.47. The Labute approximate surface area is 263 Å². The van der Waals surface area contributed by atoms with Crippen LogP contribution >= 0.6 is 7.82 Å². The van der Waals surface area contributed by atoms with Crippen molar-refractivity contribution in [2.24, 2.45) is 5.73 Å². The monoisotopic (exact) mass is 635 g/mol. The Hall–Kier alpha value is -0.990. The van der Waals surface area contributed by atoms with E-state index < -0.39 is 26.5 Å². The predicted molar refractivity (Wildman–Crippen MR) is 174 cm³/mol. The molecule has 0 aliphatic heterocycles. The number of phosphoric acid groups is 1. The second kappa shape index (κ2) is 31.0. The Kier molecular flexibility index (Phi) is 30.3. The van der Waals surface area contributed by atoms with Gasteiger partial charge in [0.25, 0.3) is 0 Å². The maximum atomic E-state index is 12.5. The van der Waals surface area contributed by atoms with E-state index in [4.69, 9.17) is 24.3 Å². The molecule has 43 heavy (non-hydrogen) atoms. The van der Waals surface area contributed by atoms with Crippen LogP contribution in [0.15, 0.2) is 0 Å². The molecule has 10 heteroatoms. The minimum absolute atomic E-state index is 0.0574. The molecule has 0 heterocycles. The van der Waals surface area contributed by atoms with Gasteiger partial charge in [-0.1, -0.05) is 142 Å². The number of hydrogen-bond donors (Lipinski definition) is 2. The van der Waals surface area contributed by atoms with E-state index in [1.165, 1.54) is 103 Å². The lowest BCUT2D eigenvalue weighted by Crippen LogP contribution is -2.29. The molecule has 0 amide bonds. The molecular weight excluding hydrogens is 569 g/mol. The van der Waals surface area contributed by atoms with Crippen molar-refractivity contribution in [2.45, 2.75) is 174 Å². The molecule has 0 bridgehead atoms. The van der Waals surface area contributed by atoms with Crippen molar-refractivity contribution in [1.82, 2.24) is 0 Å². The largest absolute Gasteiger partial charge is 0.472 e. The number of nitrogens with two attached hydrogens (primary N) is 1. The van der Waals surface area contributed by atoms with E-state index in [1.807, 2.05) is 0 Å². The van der Waals surface area contributed by atoms with Gasteiger partial charge in [0.1, 0.15) is 6.61 Å². The third-order valence-corrected chi connectivity index (χ3v) is 8.48. The van der Waals surface area contributed by atoms with Crippen LogP contribution in [0.25, 0.3) is 0 Å². The third-order valence-electron chi connectivity index (χ3n) is 7.49. The van der Waals surface area contributed by atoms with Gasteiger partial charge in [-0.3, -0.25) is 18.6 Å². The molecule has 2 unspecified atom stereocenters. The summed E-state index contributed by atoms with van der Waals surface area (Å²) < 4.78 is 32.5. The lowest BCUT2D eigenvalue weighted by atomic mass is 10.0. The van der Waals surface area contributed by atoms with Crippen LogP contribution in [0.4, 0.5) is 0 Å². The fraction of sp³-hybridized carbons (Fsp3) is 0.939. The number of unbranched alkanes of at least 4 members (excludes halogenated alkanes) is 20. The van der Waals surface area contributed by atoms with Crippen LogP contribution in [0.3, 0.4) is 0 Å². The molecule has 0 aromatic heterocycles. The fourth-order valence-electron chi connectivity index (χ4n) is 4.87. The van der Waals surface area contributed by atoms with Gasteiger partial charge in [0, 0.05) is 19.4 Å². The maximum Gasteiger partial charge on any atom is 0.472 e. The Morgan fingerprint density at radius 1 is 0.605 bits per heavy atom. The van der Waals surface area contributed by atoms with Gasteiger partial charge in [0.15, 0.2) is 6.10 Å². The lowest BCUT2D eigenvalue weighted by Gasteiger charge is -2.19. The minimum atomic E-state index is -4.35. The van der Waals surface area contributed by atoms with Crippen molar-refractivity contribution in [3.63, 3.8) is 0 Å². The van der Waals surface area contributed by atoms with Gasteiger partial charge < -0.3 is 20.1 Å². The highest BCUT2D eigenvalue weighted by Crippen LogP contribution is 2.43. The number of esters is 2. The van der Waals surface area contributed by atoms with E-state index in [-0.39, 0.29) is 38.6 Å². The van der Waals surface area contributed by atoms with Crippen molar-refractivity contribution in [3.8, 4) is 0 Å². The van der Waals surface area contributed by atoms with Crippen LogP contribution in [-0.4, -0.2) is 49.3 Å². The second-order valence-corrected chi connectivity index (χ2v) is 13.2. The lowest BCUT2D eigenvalue weighted by molar-refractivity contribution is -0.161. The molecule has 0 radical (unpaired) electrons. The van der Waals surface area contributed by atoms with Gasteiger partial charge in [-0.05, 0) is 12.8 Å². The fourth-order valence-corrected chi connectivity index (χ4v) is 5.63. The van der Waals surface area contributed by atoms with Crippen molar-refractivity contribution >= 4 is 19.8 Å². The van der Waals surface area contributed by atoms with E-state index in [9.17, 15) is 19.0 Å². The van der Waals surface area contributed by atoms with E-state index in [0.29, 0.717) is 6.42 Å².